The third-order valence-electron chi connectivity index (χ3n) is 2.56. The molecule has 0 aromatic heterocycles. The summed E-state index contributed by atoms with van der Waals surface area (Å²) < 4.78 is 14.9. The highest BCUT2D eigenvalue weighted by Gasteiger charge is 2.18. The average molecular weight is 310 g/mol. The maximum absolute atomic E-state index is 11.7. The molecule has 1 aromatic carbocycles. The van der Waals surface area contributed by atoms with E-state index < -0.39 is 23.8 Å². The maximum atomic E-state index is 11.7. The Morgan fingerprint density at radius 1 is 1.18 bits per heavy atom. The van der Waals surface area contributed by atoms with Crippen LogP contribution >= 0.6 is 0 Å². The number of aliphatic hydroxyl groups is 1. The molecule has 1 N–H and O–H groups in total. The average Bonchev–Trinajstić information content (AvgIpc) is 2.43. The van der Waals surface area contributed by atoms with Crippen LogP contribution in [0, 0.1) is 0 Å². The van der Waals surface area contributed by atoms with E-state index in [-0.39, 0.29) is 12.4 Å². The predicted octanol–water partition coefficient (Wildman–Crippen LogP) is 2.93. The van der Waals surface area contributed by atoms with Gasteiger partial charge < -0.3 is 19.3 Å². The van der Waals surface area contributed by atoms with Crippen molar-refractivity contribution in [3.05, 3.63) is 29.8 Å². The minimum absolute atomic E-state index is 0.0501. The molecule has 0 bridgehead atoms. The monoisotopic (exact) mass is 310 g/mol. The summed E-state index contributed by atoms with van der Waals surface area (Å²) in [5, 5.41) is 9.34. The fourth-order valence-electron chi connectivity index (χ4n) is 1.40. The van der Waals surface area contributed by atoms with Crippen molar-refractivity contribution in [2.24, 2.45) is 0 Å². The molecule has 0 heterocycles. The number of rotatable bonds is 5. The Bertz CT molecular complexity index is 500. The van der Waals surface area contributed by atoms with Crippen LogP contribution in [0.2, 0.25) is 0 Å². The molecule has 1 unspecified atom stereocenters. The third kappa shape index (κ3) is 6.58. The standard InChI is InChI=1S/C16H22O6/c1-5-12(17)10-20-14(18)11-6-8-13(9-7-11)21-15(19)22-16(2,3)4/h6-9,12,17H,5,10H2,1-4H3. The van der Waals surface area contributed by atoms with Crippen LogP contribution in [0.25, 0.3) is 0 Å². The van der Waals surface area contributed by atoms with Crippen LogP contribution in [-0.4, -0.2) is 35.5 Å². The van der Waals surface area contributed by atoms with E-state index in [1.54, 1.807) is 27.7 Å². The molecule has 0 aliphatic rings. The van der Waals surface area contributed by atoms with E-state index in [1.807, 2.05) is 0 Å². The van der Waals surface area contributed by atoms with Crippen LogP contribution in [0.5, 0.6) is 5.75 Å². The third-order valence-corrected chi connectivity index (χ3v) is 2.56. The van der Waals surface area contributed by atoms with Crippen LogP contribution in [0.4, 0.5) is 4.79 Å². The van der Waals surface area contributed by atoms with E-state index in [2.05, 4.69) is 0 Å². The lowest BCUT2D eigenvalue weighted by atomic mass is 10.2. The molecule has 1 aromatic rings. The number of esters is 1. The summed E-state index contributed by atoms with van der Waals surface area (Å²) in [7, 11) is 0. The van der Waals surface area contributed by atoms with Gasteiger partial charge in [-0.3, -0.25) is 0 Å². The van der Waals surface area contributed by atoms with E-state index in [9.17, 15) is 14.7 Å². The second-order valence-electron chi connectivity index (χ2n) is 5.75. The molecule has 22 heavy (non-hydrogen) atoms. The highest BCUT2D eigenvalue weighted by Crippen LogP contribution is 2.16. The number of carbonyl (C=O) groups excluding carboxylic acids is 2. The lowest BCUT2D eigenvalue weighted by molar-refractivity contribution is 0.0206. The van der Waals surface area contributed by atoms with Crippen molar-refractivity contribution < 1.29 is 28.9 Å². The molecule has 1 atom stereocenters. The molecule has 0 saturated heterocycles. The zero-order chi connectivity index (χ0) is 16.8. The van der Waals surface area contributed by atoms with Gasteiger partial charge in [0.15, 0.2) is 0 Å². The quantitative estimate of drug-likeness (QED) is 0.665. The Hall–Kier alpha value is -2.08. The molecule has 0 saturated carbocycles. The predicted molar refractivity (Wildman–Crippen MR) is 79.9 cm³/mol. The van der Waals surface area contributed by atoms with Gasteiger partial charge in [-0.05, 0) is 51.5 Å². The molecule has 0 spiro atoms. The first-order chi connectivity index (χ1) is 10.2. The second-order valence-corrected chi connectivity index (χ2v) is 5.75. The number of carbonyl (C=O) groups is 2. The number of hydrogen-bond donors (Lipinski definition) is 1. The zero-order valence-electron chi connectivity index (χ0n) is 13.3. The van der Waals surface area contributed by atoms with Gasteiger partial charge in [0.2, 0.25) is 0 Å². The first kappa shape index (κ1) is 18.0. The number of benzene rings is 1. The lowest BCUT2D eigenvalue weighted by Crippen LogP contribution is -2.26. The van der Waals surface area contributed by atoms with Gasteiger partial charge in [0.1, 0.15) is 18.0 Å². The Morgan fingerprint density at radius 2 is 1.77 bits per heavy atom. The summed E-state index contributed by atoms with van der Waals surface area (Å²) in [5.41, 5.74) is -0.333. The fourth-order valence-corrected chi connectivity index (χ4v) is 1.40. The fraction of sp³-hybridized carbons (Fsp3) is 0.500. The SMILES string of the molecule is CCC(O)COC(=O)c1ccc(OC(=O)OC(C)(C)C)cc1. The summed E-state index contributed by atoms with van der Waals surface area (Å²) in [5.74, 6) is -0.282. The van der Waals surface area contributed by atoms with E-state index in [0.717, 1.165) is 0 Å². The molecule has 0 amide bonds. The zero-order valence-corrected chi connectivity index (χ0v) is 13.3. The smallest absolute Gasteiger partial charge is 0.459 e. The molecule has 6 heteroatoms. The van der Waals surface area contributed by atoms with Crippen molar-refractivity contribution in [1.29, 1.82) is 0 Å². The van der Waals surface area contributed by atoms with Crippen LogP contribution in [-0.2, 0) is 9.47 Å². The Kier molecular flexibility index (Phi) is 6.37. The van der Waals surface area contributed by atoms with E-state index in [4.69, 9.17) is 14.2 Å². The summed E-state index contributed by atoms with van der Waals surface area (Å²) in [4.78, 5) is 23.2. The van der Waals surface area contributed by atoms with Gasteiger partial charge in [0.05, 0.1) is 11.7 Å². The normalized spacial score (nSPS) is 12.4. The van der Waals surface area contributed by atoms with Crippen molar-refractivity contribution in [1.82, 2.24) is 0 Å². The molecule has 122 valence electrons. The highest BCUT2D eigenvalue weighted by atomic mass is 16.7. The summed E-state index contributed by atoms with van der Waals surface area (Å²) in [6, 6.07) is 5.88. The molecule has 0 aliphatic heterocycles. The number of ether oxygens (including phenoxy) is 3. The molecule has 0 fully saturated rings. The summed E-state index contributed by atoms with van der Waals surface area (Å²) in [6.45, 7) is 6.95. The molecular formula is C16H22O6. The van der Waals surface area contributed by atoms with Crippen molar-refractivity contribution >= 4 is 12.1 Å². The van der Waals surface area contributed by atoms with Gasteiger partial charge >= 0.3 is 12.1 Å². The molecule has 1 rings (SSSR count). The molecular weight excluding hydrogens is 288 g/mol. The van der Waals surface area contributed by atoms with Crippen LogP contribution in [0.3, 0.4) is 0 Å². The molecule has 6 nitrogen and oxygen atoms in total. The molecule has 0 aliphatic carbocycles. The van der Waals surface area contributed by atoms with E-state index >= 15 is 0 Å². The number of hydrogen-bond acceptors (Lipinski definition) is 6. The van der Waals surface area contributed by atoms with Gasteiger partial charge in [-0.2, -0.15) is 0 Å². The van der Waals surface area contributed by atoms with Gasteiger partial charge in [-0.15, -0.1) is 0 Å². The Morgan fingerprint density at radius 3 is 2.27 bits per heavy atom. The van der Waals surface area contributed by atoms with Gasteiger partial charge in [0, 0.05) is 0 Å². The highest BCUT2D eigenvalue weighted by molar-refractivity contribution is 5.89. The topological polar surface area (TPSA) is 82.1 Å². The van der Waals surface area contributed by atoms with Crippen LogP contribution in [0.1, 0.15) is 44.5 Å². The minimum Gasteiger partial charge on any atom is -0.459 e. The minimum atomic E-state index is -0.811. The first-order valence-corrected chi connectivity index (χ1v) is 7.07. The Balaban J connectivity index is 2.55. The van der Waals surface area contributed by atoms with E-state index in [0.29, 0.717) is 12.0 Å². The van der Waals surface area contributed by atoms with Crippen molar-refractivity contribution in [3.8, 4) is 5.75 Å². The largest absolute Gasteiger partial charge is 0.514 e. The first-order valence-electron chi connectivity index (χ1n) is 7.07. The van der Waals surface area contributed by atoms with Crippen molar-refractivity contribution in [2.45, 2.75) is 45.8 Å². The maximum Gasteiger partial charge on any atom is 0.514 e. The Labute approximate surface area is 130 Å². The van der Waals surface area contributed by atoms with E-state index in [1.165, 1.54) is 24.3 Å². The van der Waals surface area contributed by atoms with Crippen LogP contribution < -0.4 is 4.74 Å². The summed E-state index contributed by atoms with van der Waals surface area (Å²) >= 11 is 0. The van der Waals surface area contributed by atoms with Gasteiger partial charge in [-0.1, -0.05) is 6.92 Å². The van der Waals surface area contributed by atoms with Crippen molar-refractivity contribution in [2.75, 3.05) is 6.61 Å². The second kappa shape index (κ2) is 7.79. The number of aliphatic hydroxyl groups excluding tert-OH is 1. The van der Waals surface area contributed by atoms with Gasteiger partial charge in [0.25, 0.3) is 0 Å². The van der Waals surface area contributed by atoms with Gasteiger partial charge in [-0.25, -0.2) is 9.59 Å². The lowest BCUT2D eigenvalue weighted by Gasteiger charge is -2.18. The van der Waals surface area contributed by atoms with Crippen molar-refractivity contribution in [3.63, 3.8) is 0 Å². The molecule has 0 radical (unpaired) electrons. The van der Waals surface area contributed by atoms with Crippen LogP contribution in [0.15, 0.2) is 24.3 Å². The summed E-state index contributed by atoms with van der Waals surface area (Å²) in [6.07, 6.45) is -0.969.